The van der Waals surface area contributed by atoms with Crippen LogP contribution in [0.4, 0.5) is 0 Å². The van der Waals surface area contributed by atoms with Crippen molar-refractivity contribution in [1.82, 2.24) is 20.1 Å². The van der Waals surface area contributed by atoms with Gasteiger partial charge in [-0.05, 0) is 37.6 Å². The molecule has 5 nitrogen and oxygen atoms in total. The molecule has 0 amide bonds. The Morgan fingerprint density at radius 1 is 1.19 bits per heavy atom. The Kier molecular flexibility index (Phi) is 5.39. The highest BCUT2D eigenvalue weighted by atomic mass is 16.3. The third kappa shape index (κ3) is 4.48. The molecule has 0 unspecified atom stereocenters. The Morgan fingerprint density at radius 3 is 2.67 bits per heavy atom. The maximum atomic E-state index is 5.56. The molecule has 0 spiro atoms. The molecule has 2 aromatic heterocycles. The van der Waals surface area contributed by atoms with E-state index in [1.54, 1.807) is 0 Å². The molecule has 1 N–H and O–H groups in total. The van der Waals surface area contributed by atoms with Crippen molar-refractivity contribution in [3.05, 3.63) is 71.2 Å². The van der Waals surface area contributed by atoms with Crippen molar-refractivity contribution in [2.24, 2.45) is 0 Å². The lowest BCUT2D eigenvalue weighted by atomic mass is 9.93. The molecule has 0 atom stereocenters. The van der Waals surface area contributed by atoms with Crippen LogP contribution in [0.3, 0.4) is 0 Å². The molecule has 1 aliphatic heterocycles. The lowest BCUT2D eigenvalue weighted by Gasteiger charge is -2.30. The molecule has 1 aliphatic rings. The zero-order chi connectivity index (χ0) is 18.6. The second-order valence-corrected chi connectivity index (χ2v) is 7.86. The first kappa shape index (κ1) is 18.0. The fourth-order valence-corrected chi connectivity index (χ4v) is 3.77. The highest BCUT2D eigenvalue weighted by Gasteiger charge is 2.23. The summed E-state index contributed by atoms with van der Waals surface area (Å²) in [5.74, 6) is 1.72. The topological polar surface area (TPSA) is 58.0 Å². The van der Waals surface area contributed by atoms with Crippen LogP contribution >= 0.6 is 0 Å². The van der Waals surface area contributed by atoms with Gasteiger partial charge in [0.25, 0.3) is 0 Å². The number of rotatable bonds is 6. The number of benzene rings is 1. The van der Waals surface area contributed by atoms with E-state index < -0.39 is 0 Å². The highest BCUT2D eigenvalue weighted by molar-refractivity contribution is 5.23. The predicted octanol–water partition coefficient (Wildman–Crippen LogP) is 4.49. The number of nitrogens with zero attached hydrogens (tertiary/aromatic N) is 3. The van der Waals surface area contributed by atoms with Gasteiger partial charge in [0.15, 0.2) is 5.89 Å². The smallest absolute Gasteiger partial charge is 0.196 e. The van der Waals surface area contributed by atoms with E-state index in [1.807, 2.05) is 6.26 Å². The Hall–Kier alpha value is -2.40. The second kappa shape index (κ2) is 8.09. The minimum atomic E-state index is 0.342. The van der Waals surface area contributed by atoms with E-state index >= 15 is 0 Å². The van der Waals surface area contributed by atoms with Crippen molar-refractivity contribution in [3.63, 3.8) is 0 Å². The molecule has 0 saturated carbocycles. The summed E-state index contributed by atoms with van der Waals surface area (Å²) >= 11 is 0. The Bertz CT molecular complexity index is 844. The summed E-state index contributed by atoms with van der Waals surface area (Å²) in [5.41, 5.74) is 4.77. The molecule has 0 radical (unpaired) electrons. The third-order valence-electron chi connectivity index (χ3n) is 5.34. The molecule has 142 valence electrons. The van der Waals surface area contributed by atoms with Crippen molar-refractivity contribution in [2.45, 2.75) is 51.5 Å². The van der Waals surface area contributed by atoms with Crippen molar-refractivity contribution >= 4 is 0 Å². The average Bonchev–Trinajstić information content (AvgIpc) is 3.33. The predicted molar refractivity (Wildman–Crippen MR) is 106 cm³/mol. The van der Waals surface area contributed by atoms with Crippen molar-refractivity contribution in [1.29, 1.82) is 0 Å². The molecule has 3 aromatic rings. The van der Waals surface area contributed by atoms with Gasteiger partial charge in [0.1, 0.15) is 6.26 Å². The van der Waals surface area contributed by atoms with E-state index in [2.05, 4.69) is 70.3 Å². The Labute approximate surface area is 160 Å². The molecule has 1 aromatic carbocycles. The molecule has 4 rings (SSSR count). The van der Waals surface area contributed by atoms with Crippen LogP contribution in [0.2, 0.25) is 0 Å². The van der Waals surface area contributed by atoms with Crippen LogP contribution in [0.1, 0.15) is 67.1 Å². The van der Waals surface area contributed by atoms with Gasteiger partial charge in [-0.15, -0.1) is 0 Å². The summed E-state index contributed by atoms with van der Waals surface area (Å²) < 4.78 is 5.56. The van der Waals surface area contributed by atoms with Gasteiger partial charge in [-0.3, -0.25) is 10.00 Å². The van der Waals surface area contributed by atoms with E-state index in [-0.39, 0.29) is 0 Å². The molecular weight excluding hydrogens is 336 g/mol. The van der Waals surface area contributed by atoms with E-state index in [0.29, 0.717) is 11.8 Å². The van der Waals surface area contributed by atoms with Crippen LogP contribution in [-0.4, -0.2) is 33.2 Å². The highest BCUT2D eigenvalue weighted by Crippen LogP contribution is 2.28. The molecule has 27 heavy (non-hydrogen) atoms. The standard InChI is InChI=1S/C22H28N4O/c1-16(2)22-23-20(15-27-22)14-26-10-8-18(9-11-26)21-13-19(24-25-21)12-17-6-4-3-5-7-17/h3-7,13,15-16,18H,8-12,14H2,1-2H3,(H,24,25). The molecule has 0 aliphatic carbocycles. The molecule has 0 bridgehead atoms. The number of oxazole rings is 1. The van der Waals surface area contributed by atoms with Gasteiger partial charge in [-0.2, -0.15) is 5.10 Å². The number of H-pyrrole nitrogens is 1. The van der Waals surface area contributed by atoms with Gasteiger partial charge in [0.2, 0.25) is 0 Å². The monoisotopic (exact) mass is 364 g/mol. The lowest BCUT2D eigenvalue weighted by molar-refractivity contribution is 0.201. The van der Waals surface area contributed by atoms with Crippen LogP contribution in [0.25, 0.3) is 0 Å². The fraction of sp³-hybridized carbons (Fsp3) is 0.455. The number of hydrogen-bond acceptors (Lipinski definition) is 4. The lowest BCUT2D eigenvalue weighted by Crippen LogP contribution is -2.32. The van der Waals surface area contributed by atoms with E-state index in [0.717, 1.165) is 50.5 Å². The van der Waals surface area contributed by atoms with E-state index in [9.17, 15) is 0 Å². The molecule has 3 heterocycles. The van der Waals surface area contributed by atoms with Gasteiger partial charge >= 0.3 is 0 Å². The fourth-order valence-electron chi connectivity index (χ4n) is 3.77. The van der Waals surface area contributed by atoms with Crippen molar-refractivity contribution in [2.75, 3.05) is 13.1 Å². The SMILES string of the molecule is CC(C)c1nc(CN2CCC(c3cc(Cc4ccccc4)[nH]n3)CC2)co1. The first-order valence-electron chi connectivity index (χ1n) is 9.92. The van der Waals surface area contributed by atoms with E-state index in [1.165, 1.54) is 17.0 Å². The molecule has 1 saturated heterocycles. The summed E-state index contributed by atoms with van der Waals surface area (Å²) in [6.45, 7) is 7.25. The third-order valence-corrected chi connectivity index (χ3v) is 5.34. The number of piperidine rings is 1. The Morgan fingerprint density at radius 2 is 1.96 bits per heavy atom. The summed E-state index contributed by atoms with van der Waals surface area (Å²) in [5, 5.41) is 7.83. The van der Waals surface area contributed by atoms with Gasteiger partial charge in [-0.25, -0.2) is 4.98 Å². The minimum Gasteiger partial charge on any atom is -0.448 e. The summed E-state index contributed by atoms with van der Waals surface area (Å²) in [6, 6.07) is 12.8. The summed E-state index contributed by atoms with van der Waals surface area (Å²) in [7, 11) is 0. The maximum Gasteiger partial charge on any atom is 0.196 e. The number of aromatic amines is 1. The van der Waals surface area contributed by atoms with Crippen LogP contribution in [0.15, 0.2) is 47.1 Å². The first-order chi connectivity index (χ1) is 13.2. The van der Waals surface area contributed by atoms with Gasteiger partial charge in [0, 0.05) is 30.5 Å². The molecular formula is C22H28N4O. The van der Waals surface area contributed by atoms with Gasteiger partial charge < -0.3 is 4.42 Å². The second-order valence-electron chi connectivity index (χ2n) is 7.86. The van der Waals surface area contributed by atoms with Gasteiger partial charge in [0.05, 0.1) is 11.4 Å². The number of nitrogens with one attached hydrogen (secondary N) is 1. The normalized spacial score (nSPS) is 16.3. The molecule has 5 heteroatoms. The largest absolute Gasteiger partial charge is 0.448 e. The zero-order valence-corrected chi connectivity index (χ0v) is 16.2. The Balaban J connectivity index is 1.30. The number of likely N-dealkylation sites (tertiary alicyclic amines) is 1. The average molecular weight is 364 g/mol. The zero-order valence-electron chi connectivity index (χ0n) is 16.2. The quantitative estimate of drug-likeness (QED) is 0.700. The maximum absolute atomic E-state index is 5.56. The molecule has 1 fully saturated rings. The summed E-state index contributed by atoms with van der Waals surface area (Å²) in [6.07, 6.45) is 5.01. The van der Waals surface area contributed by atoms with Crippen LogP contribution in [-0.2, 0) is 13.0 Å². The minimum absolute atomic E-state index is 0.342. The number of aromatic nitrogens is 3. The number of hydrogen-bond donors (Lipinski definition) is 1. The van der Waals surface area contributed by atoms with Crippen LogP contribution in [0, 0.1) is 0 Å². The first-order valence-corrected chi connectivity index (χ1v) is 9.92. The van der Waals surface area contributed by atoms with Crippen molar-refractivity contribution in [3.8, 4) is 0 Å². The van der Waals surface area contributed by atoms with E-state index in [4.69, 9.17) is 4.42 Å². The van der Waals surface area contributed by atoms with Gasteiger partial charge in [-0.1, -0.05) is 44.2 Å². The van der Waals surface area contributed by atoms with Crippen LogP contribution in [0.5, 0.6) is 0 Å². The van der Waals surface area contributed by atoms with Crippen LogP contribution < -0.4 is 0 Å². The summed E-state index contributed by atoms with van der Waals surface area (Å²) in [4.78, 5) is 7.07. The van der Waals surface area contributed by atoms with Crippen molar-refractivity contribution < 1.29 is 4.42 Å².